The summed E-state index contributed by atoms with van der Waals surface area (Å²) in [5.41, 5.74) is 6.66. The number of rotatable bonds is 10. The summed E-state index contributed by atoms with van der Waals surface area (Å²) in [6, 6.07) is 26.1. The minimum atomic E-state index is -0.585. The number of alkyl carbamates (subject to hydrolysis) is 1. The van der Waals surface area contributed by atoms with Crippen LogP contribution in [0.3, 0.4) is 0 Å². The van der Waals surface area contributed by atoms with E-state index in [4.69, 9.17) is 18.6 Å². The van der Waals surface area contributed by atoms with Crippen LogP contribution < -0.4 is 10.1 Å². The summed E-state index contributed by atoms with van der Waals surface area (Å²) < 4.78 is 22.9. The van der Waals surface area contributed by atoms with Gasteiger partial charge in [-0.25, -0.2) is 4.79 Å². The van der Waals surface area contributed by atoms with Gasteiger partial charge >= 0.3 is 12.1 Å². The van der Waals surface area contributed by atoms with Crippen LogP contribution in [0.1, 0.15) is 44.5 Å². The van der Waals surface area contributed by atoms with Gasteiger partial charge in [-0.1, -0.05) is 42.5 Å². The molecule has 0 unspecified atom stereocenters. The van der Waals surface area contributed by atoms with Crippen molar-refractivity contribution in [3.63, 3.8) is 0 Å². The quantitative estimate of drug-likeness (QED) is 0.165. The molecule has 0 aliphatic heterocycles. The second kappa shape index (κ2) is 13.5. The average Bonchev–Trinajstić information content (AvgIpc) is 3.47. The minimum Gasteiger partial charge on any atom is -0.489 e. The van der Waals surface area contributed by atoms with Crippen molar-refractivity contribution >= 4 is 23.0 Å². The topological polar surface area (TPSA) is 99.9 Å². The SMILES string of the molecule is CC(=O)OCCc1ccc(-c2ccccc2)cc1OCc1cc(-c2ccnc(CNC(=O)OC(C)(C)C)c2)c2occc2c1. The Kier molecular flexibility index (Phi) is 9.29. The van der Waals surface area contributed by atoms with E-state index in [1.807, 2.05) is 81.4 Å². The van der Waals surface area contributed by atoms with Crippen molar-refractivity contribution in [2.45, 2.75) is 52.9 Å². The predicted molar refractivity (Wildman–Crippen MR) is 169 cm³/mol. The van der Waals surface area contributed by atoms with E-state index >= 15 is 0 Å². The smallest absolute Gasteiger partial charge is 0.407 e. The number of hydrogen-bond donors (Lipinski definition) is 1. The lowest BCUT2D eigenvalue weighted by Gasteiger charge is -2.19. The lowest BCUT2D eigenvalue weighted by atomic mass is 10.0. The van der Waals surface area contributed by atoms with Crippen LogP contribution in [0.2, 0.25) is 0 Å². The van der Waals surface area contributed by atoms with Gasteiger partial charge in [0.2, 0.25) is 0 Å². The molecule has 5 rings (SSSR count). The van der Waals surface area contributed by atoms with Gasteiger partial charge in [0.1, 0.15) is 23.5 Å². The Morgan fingerprint density at radius 3 is 2.50 bits per heavy atom. The van der Waals surface area contributed by atoms with E-state index in [1.54, 1.807) is 12.5 Å². The Hall–Kier alpha value is -5.11. The highest BCUT2D eigenvalue weighted by Crippen LogP contribution is 2.33. The molecule has 0 fully saturated rings. The lowest BCUT2D eigenvalue weighted by molar-refractivity contribution is -0.140. The maximum atomic E-state index is 12.2. The van der Waals surface area contributed by atoms with E-state index in [-0.39, 0.29) is 19.1 Å². The Bertz CT molecular complexity index is 1750. The highest BCUT2D eigenvalue weighted by atomic mass is 16.6. The van der Waals surface area contributed by atoms with Gasteiger partial charge < -0.3 is 23.9 Å². The first-order valence-corrected chi connectivity index (χ1v) is 14.5. The number of esters is 1. The second-order valence-electron chi connectivity index (χ2n) is 11.4. The van der Waals surface area contributed by atoms with Gasteiger partial charge in [-0.3, -0.25) is 9.78 Å². The van der Waals surface area contributed by atoms with E-state index in [0.29, 0.717) is 18.7 Å². The number of pyridine rings is 1. The average molecular weight is 593 g/mol. The molecule has 44 heavy (non-hydrogen) atoms. The van der Waals surface area contributed by atoms with Crippen LogP contribution in [-0.2, 0) is 33.8 Å². The molecule has 0 atom stereocenters. The molecule has 0 saturated carbocycles. The van der Waals surface area contributed by atoms with Crippen LogP contribution in [0.4, 0.5) is 4.79 Å². The number of benzene rings is 3. The number of amides is 1. The van der Waals surface area contributed by atoms with Crippen molar-refractivity contribution in [3.05, 3.63) is 108 Å². The monoisotopic (exact) mass is 592 g/mol. The normalized spacial score (nSPS) is 11.3. The number of nitrogens with one attached hydrogen (secondary N) is 1. The summed E-state index contributed by atoms with van der Waals surface area (Å²) in [4.78, 5) is 27.9. The summed E-state index contributed by atoms with van der Waals surface area (Å²) in [6.45, 7) is 7.67. The Morgan fingerprint density at radius 2 is 1.73 bits per heavy atom. The maximum Gasteiger partial charge on any atom is 0.407 e. The second-order valence-corrected chi connectivity index (χ2v) is 11.4. The molecule has 8 nitrogen and oxygen atoms in total. The molecule has 5 aromatic rings. The molecule has 0 bridgehead atoms. The molecule has 226 valence electrons. The Morgan fingerprint density at radius 1 is 0.909 bits per heavy atom. The van der Waals surface area contributed by atoms with Crippen molar-refractivity contribution in [3.8, 4) is 28.0 Å². The number of aromatic nitrogens is 1. The van der Waals surface area contributed by atoms with Gasteiger partial charge in [0.25, 0.3) is 0 Å². The molecule has 0 aliphatic rings. The summed E-state index contributed by atoms with van der Waals surface area (Å²) in [6.07, 6.45) is 3.42. The number of fused-ring (bicyclic) bond motifs is 1. The molecule has 0 aliphatic carbocycles. The summed E-state index contributed by atoms with van der Waals surface area (Å²) in [5, 5.41) is 3.71. The number of nitrogens with zero attached hydrogens (tertiary/aromatic N) is 1. The first-order chi connectivity index (χ1) is 21.1. The van der Waals surface area contributed by atoms with E-state index in [1.165, 1.54) is 6.92 Å². The molecule has 1 amide bonds. The van der Waals surface area contributed by atoms with E-state index in [0.717, 1.165) is 50.1 Å². The van der Waals surface area contributed by atoms with Crippen molar-refractivity contribution < 1.29 is 28.2 Å². The molecular weight excluding hydrogens is 556 g/mol. The van der Waals surface area contributed by atoms with Crippen LogP contribution in [-0.4, -0.2) is 29.3 Å². The van der Waals surface area contributed by atoms with Gasteiger partial charge in [0.05, 0.1) is 25.1 Å². The third-order valence-corrected chi connectivity index (χ3v) is 6.80. The fourth-order valence-electron chi connectivity index (χ4n) is 4.83. The molecule has 1 N–H and O–H groups in total. The van der Waals surface area contributed by atoms with Gasteiger partial charge in [0, 0.05) is 30.5 Å². The zero-order valence-corrected chi connectivity index (χ0v) is 25.4. The molecule has 2 heterocycles. The zero-order valence-electron chi connectivity index (χ0n) is 25.4. The van der Waals surface area contributed by atoms with Crippen molar-refractivity contribution in [2.75, 3.05) is 6.61 Å². The van der Waals surface area contributed by atoms with Crippen LogP contribution in [0.5, 0.6) is 5.75 Å². The van der Waals surface area contributed by atoms with E-state index < -0.39 is 11.7 Å². The molecule has 3 aromatic carbocycles. The minimum absolute atomic E-state index is 0.223. The first kappa shape index (κ1) is 30.4. The number of carbonyl (C=O) groups excluding carboxylic acids is 2. The van der Waals surface area contributed by atoms with Gasteiger partial charge in [-0.15, -0.1) is 0 Å². The fourth-order valence-corrected chi connectivity index (χ4v) is 4.83. The van der Waals surface area contributed by atoms with Crippen molar-refractivity contribution in [2.24, 2.45) is 0 Å². The zero-order chi connectivity index (χ0) is 31.1. The van der Waals surface area contributed by atoms with Gasteiger partial charge in [-0.2, -0.15) is 0 Å². The van der Waals surface area contributed by atoms with Crippen LogP contribution in [0, 0.1) is 0 Å². The molecule has 8 heteroatoms. The molecule has 0 spiro atoms. The van der Waals surface area contributed by atoms with Crippen LogP contribution in [0.15, 0.2) is 95.7 Å². The predicted octanol–water partition coefficient (Wildman–Crippen LogP) is 7.87. The highest BCUT2D eigenvalue weighted by Gasteiger charge is 2.17. The number of furan rings is 1. The van der Waals surface area contributed by atoms with E-state index in [2.05, 4.69) is 28.5 Å². The molecule has 0 saturated heterocycles. The number of carbonyl (C=O) groups is 2. The van der Waals surface area contributed by atoms with Gasteiger partial charge in [-0.05, 0) is 85.0 Å². The third kappa shape index (κ3) is 8.04. The van der Waals surface area contributed by atoms with Crippen LogP contribution >= 0.6 is 0 Å². The summed E-state index contributed by atoms with van der Waals surface area (Å²) >= 11 is 0. The van der Waals surface area contributed by atoms with E-state index in [9.17, 15) is 9.59 Å². The number of hydrogen-bond acceptors (Lipinski definition) is 7. The Balaban J connectivity index is 1.39. The Labute approximate surface area is 257 Å². The third-order valence-electron chi connectivity index (χ3n) is 6.80. The molecule has 2 aromatic heterocycles. The maximum absolute atomic E-state index is 12.2. The van der Waals surface area contributed by atoms with Crippen molar-refractivity contribution in [1.82, 2.24) is 10.3 Å². The molecule has 0 radical (unpaired) electrons. The van der Waals surface area contributed by atoms with Crippen LogP contribution in [0.25, 0.3) is 33.2 Å². The standard InChI is InChI=1S/C36H36N2O6/c1-24(39)41-16-13-27-10-11-28(26-8-6-5-7-9-26)21-33(27)43-23-25-18-30-14-17-42-34(30)32(19-25)29-12-15-37-31(20-29)22-38-35(40)44-36(2,3)4/h5-12,14-15,17-21H,13,16,22-23H2,1-4H3,(H,38,40). The van der Waals surface area contributed by atoms with Crippen molar-refractivity contribution in [1.29, 1.82) is 0 Å². The fraction of sp³-hybridized carbons (Fsp3) is 0.250. The summed E-state index contributed by atoms with van der Waals surface area (Å²) in [7, 11) is 0. The largest absolute Gasteiger partial charge is 0.489 e. The van der Waals surface area contributed by atoms with Gasteiger partial charge in [0.15, 0.2) is 0 Å². The highest BCUT2D eigenvalue weighted by molar-refractivity contribution is 5.93. The lowest BCUT2D eigenvalue weighted by Crippen LogP contribution is -2.32. The summed E-state index contributed by atoms with van der Waals surface area (Å²) in [5.74, 6) is 0.418. The molecular formula is C36H36N2O6. The first-order valence-electron chi connectivity index (χ1n) is 14.5. The number of ether oxygens (including phenoxy) is 3.